The molecule has 0 radical (unpaired) electrons. The van der Waals surface area contributed by atoms with E-state index < -0.39 is 0 Å². The molecule has 5 heteroatoms. The van der Waals surface area contributed by atoms with Gasteiger partial charge in [-0.1, -0.05) is 0 Å². The third kappa shape index (κ3) is 2.79. The second-order valence-electron chi connectivity index (χ2n) is 4.55. The molecule has 1 aromatic rings. The molecule has 0 bridgehead atoms. The van der Waals surface area contributed by atoms with Gasteiger partial charge in [-0.25, -0.2) is 0 Å². The number of likely N-dealkylation sites (N-methyl/N-ethyl adjacent to an activating group) is 1. The second kappa shape index (κ2) is 5.82. The maximum Gasteiger partial charge on any atom is 0.260 e. The Kier molecular flexibility index (Phi) is 4.15. The average Bonchev–Trinajstić information content (AvgIpc) is 2.88. The summed E-state index contributed by atoms with van der Waals surface area (Å²) in [5, 5.41) is 3.36. The average molecular weight is 249 g/mol. The minimum absolute atomic E-state index is 0.187. The largest absolute Gasteiger partial charge is 0.337 e. The molecule has 2 rings (SSSR count). The Morgan fingerprint density at radius 2 is 2.39 bits per heavy atom. The lowest BCUT2D eigenvalue weighted by molar-refractivity contribution is 0.0749. The van der Waals surface area contributed by atoms with E-state index in [0.29, 0.717) is 19.1 Å². The standard InChI is InChI=1S/C13H19N3O2/c1-2-16(9-10-5-3-7-14-10)13(18)11-6-4-8-15-12(11)17/h4,6,8,10,14H,2-3,5,7,9H2,1H3,(H,15,17). The number of aromatic nitrogens is 1. The maximum atomic E-state index is 12.3. The predicted molar refractivity (Wildman–Crippen MR) is 69.7 cm³/mol. The zero-order chi connectivity index (χ0) is 13.0. The van der Waals surface area contributed by atoms with E-state index in [2.05, 4.69) is 10.3 Å². The Balaban J connectivity index is 2.10. The van der Waals surface area contributed by atoms with Crippen LogP contribution < -0.4 is 10.9 Å². The summed E-state index contributed by atoms with van der Waals surface area (Å²) in [5.74, 6) is -0.187. The molecular formula is C13H19N3O2. The molecule has 0 saturated carbocycles. The van der Waals surface area contributed by atoms with Crippen LogP contribution in [0.5, 0.6) is 0 Å². The molecule has 1 fully saturated rings. The Labute approximate surface area is 106 Å². The lowest BCUT2D eigenvalue weighted by Crippen LogP contribution is -2.42. The first kappa shape index (κ1) is 12.8. The van der Waals surface area contributed by atoms with Gasteiger partial charge in [-0.05, 0) is 38.4 Å². The molecule has 0 aromatic carbocycles. The van der Waals surface area contributed by atoms with E-state index in [1.54, 1.807) is 17.0 Å². The number of H-pyrrole nitrogens is 1. The molecule has 1 aliphatic rings. The van der Waals surface area contributed by atoms with Crippen LogP contribution in [0.3, 0.4) is 0 Å². The fraction of sp³-hybridized carbons (Fsp3) is 0.538. The normalized spacial score (nSPS) is 18.8. The molecule has 1 aliphatic heterocycles. The van der Waals surface area contributed by atoms with Crippen molar-refractivity contribution in [2.45, 2.75) is 25.8 Å². The van der Waals surface area contributed by atoms with E-state index in [-0.39, 0.29) is 17.0 Å². The van der Waals surface area contributed by atoms with Gasteiger partial charge in [-0.2, -0.15) is 0 Å². The Morgan fingerprint density at radius 1 is 1.56 bits per heavy atom. The van der Waals surface area contributed by atoms with E-state index in [1.165, 1.54) is 6.20 Å². The monoisotopic (exact) mass is 249 g/mol. The molecule has 0 aliphatic carbocycles. The molecular weight excluding hydrogens is 230 g/mol. The summed E-state index contributed by atoms with van der Waals surface area (Å²) in [6, 6.07) is 3.61. The quantitative estimate of drug-likeness (QED) is 0.820. The summed E-state index contributed by atoms with van der Waals surface area (Å²) in [4.78, 5) is 28.1. The number of nitrogens with zero attached hydrogens (tertiary/aromatic N) is 1. The van der Waals surface area contributed by atoms with Gasteiger partial charge in [0.15, 0.2) is 0 Å². The molecule has 5 nitrogen and oxygen atoms in total. The Morgan fingerprint density at radius 3 is 3.00 bits per heavy atom. The fourth-order valence-electron chi connectivity index (χ4n) is 2.29. The Bertz CT molecular complexity index is 463. The molecule has 18 heavy (non-hydrogen) atoms. The first-order valence-corrected chi connectivity index (χ1v) is 6.42. The van der Waals surface area contributed by atoms with Gasteiger partial charge in [0.1, 0.15) is 5.56 Å². The molecule has 0 spiro atoms. The topological polar surface area (TPSA) is 65.2 Å². The number of nitrogens with one attached hydrogen (secondary N) is 2. The molecule has 98 valence electrons. The van der Waals surface area contributed by atoms with Crippen molar-refractivity contribution in [3.8, 4) is 0 Å². The van der Waals surface area contributed by atoms with Gasteiger partial charge < -0.3 is 15.2 Å². The number of aromatic amines is 1. The van der Waals surface area contributed by atoms with Gasteiger partial charge >= 0.3 is 0 Å². The van der Waals surface area contributed by atoms with Crippen molar-refractivity contribution in [3.05, 3.63) is 34.2 Å². The molecule has 2 N–H and O–H groups in total. The van der Waals surface area contributed by atoms with Crippen LogP contribution in [0.1, 0.15) is 30.1 Å². The zero-order valence-electron chi connectivity index (χ0n) is 10.6. The first-order chi connectivity index (χ1) is 8.72. The van der Waals surface area contributed by atoms with Gasteiger partial charge in [0.2, 0.25) is 0 Å². The second-order valence-corrected chi connectivity index (χ2v) is 4.55. The highest BCUT2D eigenvalue weighted by molar-refractivity contribution is 5.93. The van der Waals surface area contributed by atoms with E-state index in [1.807, 2.05) is 6.92 Å². The summed E-state index contributed by atoms with van der Waals surface area (Å²) in [5.41, 5.74) is -0.0994. The van der Waals surface area contributed by atoms with Crippen LogP contribution in [-0.2, 0) is 0 Å². The van der Waals surface area contributed by atoms with Gasteiger partial charge in [0, 0.05) is 25.3 Å². The Hall–Kier alpha value is -1.62. The van der Waals surface area contributed by atoms with Crippen LogP contribution in [0.25, 0.3) is 0 Å². The number of carbonyl (C=O) groups excluding carboxylic acids is 1. The number of amides is 1. The van der Waals surface area contributed by atoms with Crippen molar-refractivity contribution in [2.24, 2.45) is 0 Å². The van der Waals surface area contributed by atoms with Crippen molar-refractivity contribution in [2.75, 3.05) is 19.6 Å². The SMILES string of the molecule is CCN(CC1CCCN1)C(=O)c1ccc[nH]c1=O. The molecule has 1 amide bonds. The fourth-order valence-corrected chi connectivity index (χ4v) is 2.29. The van der Waals surface area contributed by atoms with Crippen LogP contribution in [0.4, 0.5) is 0 Å². The van der Waals surface area contributed by atoms with Gasteiger partial charge in [0.05, 0.1) is 0 Å². The number of pyridine rings is 1. The van der Waals surface area contributed by atoms with Crippen LogP contribution in [0.2, 0.25) is 0 Å². The lowest BCUT2D eigenvalue weighted by atomic mass is 10.2. The van der Waals surface area contributed by atoms with Crippen LogP contribution in [0, 0.1) is 0 Å². The molecule has 1 unspecified atom stereocenters. The van der Waals surface area contributed by atoms with E-state index in [9.17, 15) is 9.59 Å². The highest BCUT2D eigenvalue weighted by Gasteiger charge is 2.22. The van der Waals surface area contributed by atoms with E-state index in [4.69, 9.17) is 0 Å². The van der Waals surface area contributed by atoms with Crippen LogP contribution in [-0.4, -0.2) is 41.5 Å². The minimum atomic E-state index is -0.319. The summed E-state index contributed by atoms with van der Waals surface area (Å²) in [6.07, 6.45) is 3.78. The summed E-state index contributed by atoms with van der Waals surface area (Å²) in [7, 11) is 0. The number of hydrogen-bond acceptors (Lipinski definition) is 3. The summed E-state index contributed by atoms with van der Waals surface area (Å²) < 4.78 is 0. The van der Waals surface area contributed by atoms with Crippen molar-refractivity contribution in [1.82, 2.24) is 15.2 Å². The van der Waals surface area contributed by atoms with Gasteiger partial charge in [-0.15, -0.1) is 0 Å². The van der Waals surface area contributed by atoms with Crippen molar-refractivity contribution in [3.63, 3.8) is 0 Å². The van der Waals surface area contributed by atoms with E-state index >= 15 is 0 Å². The summed E-state index contributed by atoms with van der Waals surface area (Å²) >= 11 is 0. The smallest absolute Gasteiger partial charge is 0.260 e. The lowest BCUT2D eigenvalue weighted by Gasteiger charge is -2.24. The maximum absolute atomic E-state index is 12.3. The number of rotatable bonds is 4. The van der Waals surface area contributed by atoms with Crippen molar-refractivity contribution in [1.29, 1.82) is 0 Å². The van der Waals surface area contributed by atoms with Crippen LogP contribution in [0.15, 0.2) is 23.1 Å². The van der Waals surface area contributed by atoms with E-state index in [0.717, 1.165) is 19.4 Å². The molecule has 2 heterocycles. The number of hydrogen-bond donors (Lipinski definition) is 2. The first-order valence-electron chi connectivity index (χ1n) is 6.42. The number of carbonyl (C=O) groups is 1. The predicted octanol–water partition coefficient (Wildman–Crippen LogP) is 0.589. The van der Waals surface area contributed by atoms with Gasteiger partial charge in [-0.3, -0.25) is 9.59 Å². The van der Waals surface area contributed by atoms with Crippen molar-refractivity contribution < 1.29 is 4.79 Å². The van der Waals surface area contributed by atoms with Gasteiger partial charge in [0.25, 0.3) is 11.5 Å². The zero-order valence-corrected chi connectivity index (χ0v) is 10.6. The van der Waals surface area contributed by atoms with Crippen LogP contribution >= 0.6 is 0 Å². The summed E-state index contributed by atoms with van der Waals surface area (Å²) in [6.45, 7) is 4.24. The third-order valence-corrected chi connectivity index (χ3v) is 3.32. The molecule has 1 atom stereocenters. The highest BCUT2D eigenvalue weighted by Crippen LogP contribution is 2.08. The molecule has 1 saturated heterocycles. The highest BCUT2D eigenvalue weighted by atomic mass is 16.2. The third-order valence-electron chi connectivity index (χ3n) is 3.32. The molecule has 1 aromatic heterocycles. The minimum Gasteiger partial charge on any atom is -0.337 e. The van der Waals surface area contributed by atoms with Crippen molar-refractivity contribution >= 4 is 5.91 Å².